The summed E-state index contributed by atoms with van der Waals surface area (Å²) in [6, 6.07) is 18.4. The normalized spacial score (nSPS) is 15.9. The smallest absolute Gasteiger partial charge is 0.119 e. The third-order valence-electron chi connectivity index (χ3n) is 5.53. The van der Waals surface area contributed by atoms with Gasteiger partial charge in [-0.1, -0.05) is 30.3 Å². The van der Waals surface area contributed by atoms with Crippen molar-refractivity contribution in [3.63, 3.8) is 0 Å². The maximum absolute atomic E-state index is 5.93. The summed E-state index contributed by atoms with van der Waals surface area (Å²) in [6.45, 7) is 7.33. The first kappa shape index (κ1) is 19.0. The van der Waals surface area contributed by atoms with Crippen molar-refractivity contribution in [2.75, 3.05) is 46.4 Å². The lowest BCUT2D eigenvalue weighted by Crippen LogP contribution is -2.44. The van der Waals surface area contributed by atoms with E-state index < -0.39 is 0 Å². The Morgan fingerprint density at radius 2 is 1.64 bits per heavy atom. The molecule has 1 saturated heterocycles. The highest BCUT2D eigenvalue weighted by molar-refractivity contribution is 5.75. The Balaban J connectivity index is 1.38. The summed E-state index contributed by atoms with van der Waals surface area (Å²) in [5, 5.41) is 0. The number of benzene rings is 2. The van der Waals surface area contributed by atoms with Crippen molar-refractivity contribution in [3.8, 4) is 5.75 Å². The summed E-state index contributed by atoms with van der Waals surface area (Å²) in [7, 11) is 2.21. The molecule has 0 spiro atoms. The molecule has 3 aromatic rings. The molecule has 1 fully saturated rings. The van der Waals surface area contributed by atoms with Crippen LogP contribution in [0.4, 0.5) is 0 Å². The van der Waals surface area contributed by atoms with Crippen LogP contribution >= 0.6 is 0 Å². The lowest BCUT2D eigenvalue weighted by molar-refractivity contribution is 0.152. The second kappa shape index (κ2) is 9.22. The quantitative estimate of drug-likeness (QED) is 0.602. The molecule has 5 heteroatoms. The first-order valence-electron chi connectivity index (χ1n) is 10.3. The van der Waals surface area contributed by atoms with E-state index >= 15 is 0 Å². The molecule has 0 radical (unpaired) electrons. The van der Waals surface area contributed by atoms with E-state index in [1.807, 2.05) is 30.3 Å². The number of piperazine rings is 1. The number of aryl methyl sites for hydroxylation is 1. The van der Waals surface area contributed by atoms with Crippen molar-refractivity contribution in [1.82, 2.24) is 19.4 Å². The number of para-hydroxylation sites is 3. The predicted molar refractivity (Wildman–Crippen MR) is 114 cm³/mol. The van der Waals surface area contributed by atoms with Gasteiger partial charge in [0, 0.05) is 32.6 Å². The molecule has 2 heterocycles. The molecule has 1 aliphatic rings. The number of fused-ring (bicyclic) bond motifs is 1. The average Bonchev–Trinajstić information content (AvgIpc) is 3.08. The standard InChI is InChI=1S/C23H30N4O/c1-25-14-16-26(17-15-25)13-7-12-23-24-21-10-5-6-11-22(21)27(23)18-19-28-20-8-3-2-4-9-20/h2-6,8-11H,7,12-19H2,1H3. The van der Waals surface area contributed by atoms with Crippen LogP contribution in [0.2, 0.25) is 0 Å². The van der Waals surface area contributed by atoms with Crippen LogP contribution in [0.1, 0.15) is 12.2 Å². The summed E-state index contributed by atoms with van der Waals surface area (Å²) in [6.07, 6.45) is 2.15. The maximum atomic E-state index is 5.93. The number of rotatable bonds is 8. The number of nitrogens with zero attached hydrogens (tertiary/aromatic N) is 4. The second-order valence-corrected chi connectivity index (χ2v) is 7.58. The highest BCUT2D eigenvalue weighted by atomic mass is 16.5. The molecule has 4 rings (SSSR count). The van der Waals surface area contributed by atoms with Crippen molar-refractivity contribution >= 4 is 11.0 Å². The van der Waals surface area contributed by atoms with E-state index in [9.17, 15) is 0 Å². The van der Waals surface area contributed by atoms with Gasteiger partial charge in [0.15, 0.2) is 0 Å². The Kier molecular flexibility index (Phi) is 6.24. The Hall–Kier alpha value is -2.37. The van der Waals surface area contributed by atoms with Crippen LogP contribution < -0.4 is 4.74 Å². The SMILES string of the molecule is CN1CCN(CCCc2nc3ccccc3n2CCOc2ccccc2)CC1. The lowest BCUT2D eigenvalue weighted by atomic mass is 10.2. The predicted octanol–water partition coefficient (Wildman–Crippen LogP) is 3.30. The summed E-state index contributed by atoms with van der Waals surface area (Å²) in [4.78, 5) is 9.89. The van der Waals surface area contributed by atoms with Crippen molar-refractivity contribution < 1.29 is 4.74 Å². The van der Waals surface area contributed by atoms with Crippen molar-refractivity contribution in [2.45, 2.75) is 19.4 Å². The van der Waals surface area contributed by atoms with E-state index in [0.29, 0.717) is 6.61 Å². The highest BCUT2D eigenvalue weighted by Gasteiger charge is 2.15. The van der Waals surface area contributed by atoms with Crippen LogP contribution in [0.3, 0.4) is 0 Å². The zero-order valence-corrected chi connectivity index (χ0v) is 16.8. The van der Waals surface area contributed by atoms with E-state index in [1.165, 1.54) is 37.5 Å². The van der Waals surface area contributed by atoms with Gasteiger partial charge in [-0.3, -0.25) is 0 Å². The molecule has 148 valence electrons. The van der Waals surface area contributed by atoms with Gasteiger partial charge in [-0.05, 0) is 44.3 Å². The lowest BCUT2D eigenvalue weighted by Gasteiger charge is -2.32. The third-order valence-corrected chi connectivity index (χ3v) is 5.53. The van der Waals surface area contributed by atoms with E-state index in [1.54, 1.807) is 0 Å². The molecule has 0 amide bonds. The number of likely N-dealkylation sites (N-methyl/N-ethyl adjacent to an activating group) is 1. The average molecular weight is 379 g/mol. The van der Waals surface area contributed by atoms with Crippen LogP contribution in [-0.4, -0.2) is 65.7 Å². The van der Waals surface area contributed by atoms with E-state index in [-0.39, 0.29) is 0 Å². The van der Waals surface area contributed by atoms with Crippen LogP contribution in [0.25, 0.3) is 11.0 Å². The van der Waals surface area contributed by atoms with Gasteiger partial charge in [-0.2, -0.15) is 0 Å². The molecule has 0 aliphatic carbocycles. The molecule has 0 atom stereocenters. The van der Waals surface area contributed by atoms with Crippen LogP contribution in [0.15, 0.2) is 54.6 Å². The summed E-state index contributed by atoms with van der Waals surface area (Å²) >= 11 is 0. The number of ether oxygens (including phenoxy) is 1. The van der Waals surface area contributed by atoms with Gasteiger partial charge in [0.2, 0.25) is 0 Å². The molecular formula is C23H30N4O. The molecule has 1 aromatic heterocycles. The Bertz CT molecular complexity index is 869. The van der Waals surface area contributed by atoms with E-state index in [2.05, 4.69) is 45.7 Å². The minimum atomic E-state index is 0.649. The zero-order chi connectivity index (χ0) is 19.2. The monoisotopic (exact) mass is 378 g/mol. The van der Waals surface area contributed by atoms with Crippen LogP contribution in [-0.2, 0) is 13.0 Å². The van der Waals surface area contributed by atoms with Crippen molar-refractivity contribution in [1.29, 1.82) is 0 Å². The Morgan fingerprint density at radius 3 is 2.46 bits per heavy atom. The molecule has 0 unspecified atom stereocenters. The van der Waals surface area contributed by atoms with Crippen molar-refractivity contribution in [2.24, 2.45) is 0 Å². The number of hydrogen-bond donors (Lipinski definition) is 0. The van der Waals surface area contributed by atoms with Gasteiger partial charge < -0.3 is 19.1 Å². The van der Waals surface area contributed by atoms with Gasteiger partial charge >= 0.3 is 0 Å². The van der Waals surface area contributed by atoms with Gasteiger partial charge in [0.1, 0.15) is 18.2 Å². The fraction of sp³-hybridized carbons (Fsp3) is 0.435. The number of aromatic nitrogens is 2. The fourth-order valence-corrected chi connectivity index (χ4v) is 3.87. The molecule has 1 aliphatic heterocycles. The minimum absolute atomic E-state index is 0.649. The molecule has 0 N–H and O–H groups in total. The maximum Gasteiger partial charge on any atom is 0.119 e. The largest absolute Gasteiger partial charge is 0.492 e. The molecular weight excluding hydrogens is 348 g/mol. The zero-order valence-electron chi connectivity index (χ0n) is 16.8. The van der Waals surface area contributed by atoms with Crippen molar-refractivity contribution in [3.05, 3.63) is 60.4 Å². The van der Waals surface area contributed by atoms with E-state index in [0.717, 1.165) is 37.2 Å². The van der Waals surface area contributed by atoms with Gasteiger partial charge in [-0.15, -0.1) is 0 Å². The van der Waals surface area contributed by atoms with Crippen LogP contribution in [0, 0.1) is 0 Å². The molecule has 5 nitrogen and oxygen atoms in total. The highest BCUT2D eigenvalue weighted by Crippen LogP contribution is 2.18. The summed E-state index contributed by atoms with van der Waals surface area (Å²) in [5.74, 6) is 2.09. The molecule has 0 saturated carbocycles. The number of imidazole rings is 1. The van der Waals surface area contributed by atoms with Gasteiger partial charge in [0.05, 0.1) is 17.6 Å². The number of hydrogen-bond acceptors (Lipinski definition) is 4. The van der Waals surface area contributed by atoms with E-state index in [4.69, 9.17) is 9.72 Å². The molecule has 28 heavy (non-hydrogen) atoms. The van der Waals surface area contributed by atoms with Gasteiger partial charge in [-0.25, -0.2) is 4.98 Å². The second-order valence-electron chi connectivity index (χ2n) is 7.58. The Morgan fingerprint density at radius 1 is 0.893 bits per heavy atom. The third kappa shape index (κ3) is 4.72. The van der Waals surface area contributed by atoms with Crippen LogP contribution in [0.5, 0.6) is 5.75 Å². The molecule has 2 aromatic carbocycles. The van der Waals surface area contributed by atoms with Gasteiger partial charge in [0.25, 0.3) is 0 Å². The Labute approximate surface area is 167 Å². The minimum Gasteiger partial charge on any atom is -0.492 e. The summed E-state index contributed by atoms with van der Waals surface area (Å²) < 4.78 is 8.27. The fourth-order valence-electron chi connectivity index (χ4n) is 3.87. The summed E-state index contributed by atoms with van der Waals surface area (Å²) in [5.41, 5.74) is 2.28. The first-order chi connectivity index (χ1) is 13.8. The topological polar surface area (TPSA) is 33.5 Å². The first-order valence-corrected chi connectivity index (χ1v) is 10.3. The molecule has 0 bridgehead atoms.